The van der Waals surface area contributed by atoms with Gasteiger partial charge in [-0.25, -0.2) is 0 Å². The minimum atomic E-state index is 0.613. The maximum Gasteiger partial charge on any atom is 0.0235 e. The molecular weight excluding hydrogens is 244 g/mol. The number of benzene rings is 1. The summed E-state index contributed by atoms with van der Waals surface area (Å²) in [6.45, 7) is 6.11. The van der Waals surface area contributed by atoms with Gasteiger partial charge < -0.3 is 5.32 Å². The Morgan fingerprint density at radius 3 is 2.70 bits per heavy atom. The normalized spacial score (nSPS) is 26.8. The van der Waals surface area contributed by atoms with Crippen LogP contribution in [0.15, 0.2) is 30.3 Å². The van der Waals surface area contributed by atoms with E-state index in [1.807, 2.05) is 0 Å². The molecule has 1 N–H and O–H groups in total. The molecule has 3 rings (SSSR count). The zero-order valence-corrected chi connectivity index (χ0v) is 12.7. The largest absolute Gasteiger partial charge is 0.312 e. The van der Waals surface area contributed by atoms with Crippen molar-refractivity contribution in [3.63, 3.8) is 0 Å². The Bertz CT molecular complexity index is 399. The lowest BCUT2D eigenvalue weighted by Crippen LogP contribution is -2.46. The molecule has 1 aliphatic carbocycles. The van der Waals surface area contributed by atoms with Crippen LogP contribution >= 0.6 is 0 Å². The van der Waals surface area contributed by atoms with Gasteiger partial charge in [0.15, 0.2) is 0 Å². The molecule has 0 aromatic heterocycles. The summed E-state index contributed by atoms with van der Waals surface area (Å²) in [5.74, 6) is 0.963. The van der Waals surface area contributed by atoms with Gasteiger partial charge in [0.25, 0.3) is 0 Å². The molecule has 2 fully saturated rings. The fourth-order valence-electron chi connectivity index (χ4n) is 3.65. The molecule has 2 unspecified atom stereocenters. The van der Waals surface area contributed by atoms with Crippen molar-refractivity contribution in [2.45, 2.75) is 51.1 Å². The van der Waals surface area contributed by atoms with Crippen LogP contribution in [0.5, 0.6) is 0 Å². The number of nitrogens with zero attached hydrogens (tertiary/aromatic N) is 1. The van der Waals surface area contributed by atoms with Gasteiger partial charge >= 0.3 is 0 Å². The third-order valence-corrected chi connectivity index (χ3v) is 5.24. The summed E-state index contributed by atoms with van der Waals surface area (Å²) < 4.78 is 0. The Hall–Kier alpha value is -0.860. The van der Waals surface area contributed by atoms with E-state index in [-0.39, 0.29) is 0 Å². The maximum atomic E-state index is 3.75. The third-order valence-electron chi connectivity index (χ3n) is 5.24. The molecule has 1 saturated heterocycles. The van der Waals surface area contributed by atoms with Crippen LogP contribution in [0.4, 0.5) is 0 Å². The summed E-state index contributed by atoms with van der Waals surface area (Å²) in [5.41, 5.74) is 1.46. The smallest absolute Gasteiger partial charge is 0.0235 e. The molecule has 1 aliphatic heterocycles. The maximum absolute atomic E-state index is 3.75. The first-order chi connectivity index (χ1) is 9.83. The lowest BCUT2D eigenvalue weighted by atomic mass is 9.79. The van der Waals surface area contributed by atoms with Crippen molar-refractivity contribution in [2.24, 2.45) is 5.92 Å². The molecule has 20 heavy (non-hydrogen) atoms. The first-order valence-corrected chi connectivity index (χ1v) is 8.34. The van der Waals surface area contributed by atoms with Crippen LogP contribution in [0.2, 0.25) is 0 Å². The van der Waals surface area contributed by atoms with Gasteiger partial charge in [0, 0.05) is 18.6 Å². The molecule has 0 spiro atoms. The van der Waals surface area contributed by atoms with E-state index >= 15 is 0 Å². The Morgan fingerprint density at radius 2 is 2.00 bits per heavy atom. The van der Waals surface area contributed by atoms with E-state index in [2.05, 4.69) is 47.5 Å². The minimum Gasteiger partial charge on any atom is -0.312 e. The van der Waals surface area contributed by atoms with Gasteiger partial charge in [0.1, 0.15) is 0 Å². The number of rotatable bonds is 4. The molecule has 110 valence electrons. The zero-order valence-electron chi connectivity index (χ0n) is 12.7. The number of nitrogens with one attached hydrogen (secondary N) is 1. The van der Waals surface area contributed by atoms with E-state index in [9.17, 15) is 0 Å². The van der Waals surface area contributed by atoms with Crippen LogP contribution in [-0.4, -0.2) is 36.6 Å². The van der Waals surface area contributed by atoms with Crippen molar-refractivity contribution in [3.8, 4) is 0 Å². The van der Waals surface area contributed by atoms with Gasteiger partial charge in [0.05, 0.1) is 0 Å². The van der Waals surface area contributed by atoms with Crippen molar-refractivity contribution < 1.29 is 0 Å². The average molecular weight is 272 g/mol. The Morgan fingerprint density at radius 1 is 1.20 bits per heavy atom. The first kappa shape index (κ1) is 14.1. The summed E-state index contributed by atoms with van der Waals surface area (Å²) >= 11 is 0. The molecule has 0 amide bonds. The predicted octanol–water partition coefficient (Wildman–Crippen LogP) is 3.08. The molecule has 2 atom stereocenters. The topological polar surface area (TPSA) is 15.3 Å². The molecule has 1 aromatic rings. The average Bonchev–Trinajstić information content (AvgIpc) is 2.63. The standard InChI is InChI=1S/C18H28N2/c1-15(17-9-5-10-17)20-12-6-11-19-18(14-20)13-16-7-3-2-4-8-16/h2-4,7-8,15,17-19H,5-6,9-14H2,1H3. The summed E-state index contributed by atoms with van der Waals surface area (Å²) in [7, 11) is 0. The van der Waals surface area contributed by atoms with Crippen LogP contribution in [0, 0.1) is 5.92 Å². The highest BCUT2D eigenvalue weighted by atomic mass is 15.2. The molecule has 1 aromatic carbocycles. The van der Waals surface area contributed by atoms with Crippen molar-refractivity contribution in [3.05, 3.63) is 35.9 Å². The van der Waals surface area contributed by atoms with Crippen LogP contribution < -0.4 is 5.32 Å². The lowest BCUT2D eigenvalue weighted by molar-refractivity contribution is 0.106. The van der Waals surface area contributed by atoms with E-state index in [1.54, 1.807) is 0 Å². The number of hydrogen-bond donors (Lipinski definition) is 1. The highest BCUT2D eigenvalue weighted by molar-refractivity contribution is 5.16. The molecule has 1 heterocycles. The Labute approximate surface area is 123 Å². The molecule has 0 bridgehead atoms. The van der Waals surface area contributed by atoms with E-state index in [0.717, 1.165) is 18.4 Å². The molecule has 2 heteroatoms. The van der Waals surface area contributed by atoms with Crippen molar-refractivity contribution in [1.82, 2.24) is 10.2 Å². The second-order valence-electron chi connectivity index (χ2n) is 6.62. The number of hydrogen-bond acceptors (Lipinski definition) is 2. The first-order valence-electron chi connectivity index (χ1n) is 8.34. The fraction of sp³-hybridized carbons (Fsp3) is 0.667. The van der Waals surface area contributed by atoms with E-state index in [1.165, 1.54) is 50.9 Å². The fourth-order valence-corrected chi connectivity index (χ4v) is 3.65. The van der Waals surface area contributed by atoms with Crippen molar-refractivity contribution >= 4 is 0 Å². The van der Waals surface area contributed by atoms with Crippen LogP contribution in [0.1, 0.15) is 38.2 Å². The molecular formula is C18H28N2. The Balaban J connectivity index is 1.59. The van der Waals surface area contributed by atoms with Gasteiger partial charge in [-0.15, -0.1) is 0 Å². The summed E-state index contributed by atoms with van der Waals surface area (Å²) in [6.07, 6.45) is 6.81. The molecule has 2 nitrogen and oxygen atoms in total. The van der Waals surface area contributed by atoms with E-state index < -0.39 is 0 Å². The van der Waals surface area contributed by atoms with Gasteiger partial charge in [-0.2, -0.15) is 0 Å². The van der Waals surface area contributed by atoms with Crippen LogP contribution in [0.3, 0.4) is 0 Å². The highest BCUT2D eigenvalue weighted by Gasteiger charge is 2.30. The van der Waals surface area contributed by atoms with Crippen molar-refractivity contribution in [2.75, 3.05) is 19.6 Å². The lowest BCUT2D eigenvalue weighted by Gasteiger charge is -2.39. The Kier molecular flexibility index (Phi) is 4.74. The van der Waals surface area contributed by atoms with E-state index in [4.69, 9.17) is 0 Å². The summed E-state index contributed by atoms with van der Waals surface area (Å²) in [5, 5.41) is 3.75. The minimum absolute atomic E-state index is 0.613. The van der Waals surface area contributed by atoms with Gasteiger partial charge in [-0.05, 0) is 57.2 Å². The second-order valence-corrected chi connectivity index (χ2v) is 6.62. The van der Waals surface area contributed by atoms with Gasteiger partial charge in [0.2, 0.25) is 0 Å². The molecule has 1 saturated carbocycles. The zero-order chi connectivity index (χ0) is 13.8. The van der Waals surface area contributed by atoms with Crippen LogP contribution in [0.25, 0.3) is 0 Å². The van der Waals surface area contributed by atoms with E-state index in [0.29, 0.717) is 6.04 Å². The molecule has 2 aliphatic rings. The van der Waals surface area contributed by atoms with Gasteiger partial charge in [-0.1, -0.05) is 36.8 Å². The van der Waals surface area contributed by atoms with Gasteiger partial charge in [-0.3, -0.25) is 4.90 Å². The molecule has 0 radical (unpaired) electrons. The quantitative estimate of drug-likeness (QED) is 0.906. The summed E-state index contributed by atoms with van der Waals surface area (Å²) in [6, 6.07) is 12.3. The third kappa shape index (κ3) is 3.42. The highest BCUT2D eigenvalue weighted by Crippen LogP contribution is 2.32. The van der Waals surface area contributed by atoms with Crippen LogP contribution in [-0.2, 0) is 6.42 Å². The summed E-state index contributed by atoms with van der Waals surface area (Å²) in [4.78, 5) is 2.75. The van der Waals surface area contributed by atoms with Crippen molar-refractivity contribution in [1.29, 1.82) is 0 Å². The second kappa shape index (κ2) is 6.73. The SMILES string of the molecule is CC(C1CCC1)N1CCCNC(Cc2ccccc2)C1. The predicted molar refractivity (Wildman–Crippen MR) is 84.9 cm³/mol. The monoisotopic (exact) mass is 272 g/mol.